The minimum absolute atomic E-state index is 0.272. The molecule has 0 atom stereocenters. The van der Waals surface area contributed by atoms with Crippen LogP contribution >= 0.6 is 12.2 Å². The van der Waals surface area contributed by atoms with E-state index in [9.17, 15) is 8.78 Å². The van der Waals surface area contributed by atoms with Gasteiger partial charge < -0.3 is 0 Å². The highest BCUT2D eigenvalue weighted by molar-refractivity contribution is 7.78. The maximum absolute atomic E-state index is 13.9. The number of isothiocyanates is 1. The molecule has 0 saturated carbocycles. The van der Waals surface area contributed by atoms with E-state index in [1.165, 1.54) is 16.7 Å². The lowest BCUT2D eigenvalue weighted by Crippen LogP contribution is -1.99. The Hall–Kier alpha value is -2.60. The summed E-state index contributed by atoms with van der Waals surface area (Å²) in [7, 11) is 0. The monoisotopic (exact) mass is 365 g/mol. The van der Waals surface area contributed by atoms with Crippen LogP contribution in [-0.4, -0.2) is 5.16 Å². The number of fused-ring (bicyclic) bond motifs is 1. The Labute approximate surface area is 157 Å². The molecule has 4 heteroatoms. The minimum Gasteiger partial charge on any atom is -0.204 e. The lowest BCUT2D eigenvalue weighted by Gasteiger charge is -2.14. The molecule has 0 saturated heterocycles. The van der Waals surface area contributed by atoms with Gasteiger partial charge in [-0.2, -0.15) is 4.99 Å². The van der Waals surface area contributed by atoms with Crippen molar-refractivity contribution in [1.29, 1.82) is 0 Å². The van der Waals surface area contributed by atoms with Crippen LogP contribution in [-0.2, 0) is 12.8 Å². The highest BCUT2D eigenvalue weighted by Gasteiger charge is 2.11. The van der Waals surface area contributed by atoms with Gasteiger partial charge in [0.15, 0.2) is 11.6 Å². The summed E-state index contributed by atoms with van der Waals surface area (Å²) in [5, 5.41) is 1.97. The number of halogens is 2. The Bertz CT molecular complexity index is 966. The van der Waals surface area contributed by atoms with Crippen LogP contribution in [0.1, 0.15) is 42.0 Å². The first kappa shape index (κ1) is 18.2. The van der Waals surface area contributed by atoms with Gasteiger partial charge >= 0.3 is 0 Å². The summed E-state index contributed by atoms with van der Waals surface area (Å²) in [6, 6.07) is 8.86. The molecule has 3 rings (SSSR count). The van der Waals surface area contributed by atoms with E-state index in [1.54, 1.807) is 0 Å². The maximum atomic E-state index is 13.9. The first-order valence-electron chi connectivity index (χ1n) is 8.52. The normalized spacial score (nSPS) is 12.3. The summed E-state index contributed by atoms with van der Waals surface area (Å²) >= 11 is 4.39. The van der Waals surface area contributed by atoms with Crippen molar-refractivity contribution in [1.82, 2.24) is 0 Å². The van der Waals surface area contributed by atoms with Gasteiger partial charge in [0.1, 0.15) is 5.69 Å². The van der Waals surface area contributed by atoms with E-state index in [2.05, 4.69) is 60.3 Å². The molecule has 2 aromatic carbocycles. The van der Waals surface area contributed by atoms with Crippen LogP contribution in [0.5, 0.6) is 0 Å². The van der Waals surface area contributed by atoms with E-state index >= 15 is 0 Å². The third kappa shape index (κ3) is 4.14. The summed E-state index contributed by atoms with van der Waals surface area (Å²) in [4.78, 5) is 3.40. The zero-order valence-corrected chi connectivity index (χ0v) is 15.2. The number of hydrogen-bond acceptors (Lipinski definition) is 2. The van der Waals surface area contributed by atoms with Crippen molar-refractivity contribution in [3.05, 3.63) is 69.8 Å². The van der Waals surface area contributed by atoms with Gasteiger partial charge in [-0.05, 0) is 66.4 Å². The minimum atomic E-state index is -0.793. The second-order valence-electron chi connectivity index (χ2n) is 6.19. The van der Waals surface area contributed by atoms with Crippen molar-refractivity contribution in [2.45, 2.75) is 32.6 Å². The molecular weight excluding hydrogens is 348 g/mol. The van der Waals surface area contributed by atoms with Crippen molar-refractivity contribution in [2.24, 2.45) is 4.99 Å². The van der Waals surface area contributed by atoms with Crippen molar-refractivity contribution in [3.8, 4) is 11.8 Å². The van der Waals surface area contributed by atoms with E-state index in [4.69, 9.17) is 0 Å². The SMILES string of the molecule is CCCc1ccc2c(c1)CCC(C#Cc1cc(F)c(N=C=S)c(F)c1)=C2. The molecule has 0 radical (unpaired) electrons. The Balaban J connectivity index is 1.86. The summed E-state index contributed by atoms with van der Waals surface area (Å²) in [5.74, 6) is 4.29. The average Bonchev–Trinajstić information content (AvgIpc) is 2.63. The predicted molar refractivity (Wildman–Crippen MR) is 105 cm³/mol. The average molecular weight is 365 g/mol. The first-order chi connectivity index (χ1) is 12.6. The van der Waals surface area contributed by atoms with Gasteiger partial charge in [0, 0.05) is 11.1 Å². The second-order valence-corrected chi connectivity index (χ2v) is 6.38. The third-order valence-electron chi connectivity index (χ3n) is 4.28. The zero-order chi connectivity index (χ0) is 18.5. The van der Waals surface area contributed by atoms with Crippen LogP contribution in [0.3, 0.4) is 0 Å². The largest absolute Gasteiger partial charge is 0.204 e. The fourth-order valence-corrected chi connectivity index (χ4v) is 3.12. The summed E-state index contributed by atoms with van der Waals surface area (Å²) in [6.07, 6.45) is 6.03. The van der Waals surface area contributed by atoms with Crippen molar-refractivity contribution < 1.29 is 8.78 Å². The van der Waals surface area contributed by atoms with Crippen LogP contribution in [0.4, 0.5) is 14.5 Å². The molecule has 1 aliphatic carbocycles. The molecule has 0 bridgehead atoms. The Kier molecular flexibility index (Phi) is 5.73. The van der Waals surface area contributed by atoms with E-state index in [1.807, 2.05) is 5.16 Å². The molecule has 0 aromatic heterocycles. The van der Waals surface area contributed by atoms with E-state index < -0.39 is 17.3 Å². The summed E-state index contributed by atoms with van der Waals surface area (Å²) in [6.45, 7) is 2.17. The van der Waals surface area contributed by atoms with Crippen LogP contribution in [0.25, 0.3) is 6.08 Å². The highest BCUT2D eigenvalue weighted by Crippen LogP contribution is 2.26. The van der Waals surface area contributed by atoms with Crippen molar-refractivity contribution in [2.75, 3.05) is 0 Å². The van der Waals surface area contributed by atoms with Crippen molar-refractivity contribution >= 4 is 29.1 Å². The van der Waals surface area contributed by atoms with Crippen LogP contribution in [0.2, 0.25) is 0 Å². The zero-order valence-electron chi connectivity index (χ0n) is 14.4. The highest BCUT2D eigenvalue weighted by atomic mass is 32.1. The first-order valence-corrected chi connectivity index (χ1v) is 8.93. The lowest BCUT2D eigenvalue weighted by atomic mass is 9.90. The molecule has 0 fully saturated rings. The standard InChI is InChI=1S/C22H17F2NS/c1-2-3-15-6-8-19-11-16(7-9-18(19)10-15)4-5-17-12-20(23)22(25-14-26)21(24)13-17/h6,8,10-13H,2-3,7,9H2,1H3. The number of benzene rings is 2. The molecule has 1 nitrogen and oxygen atoms in total. The smallest absolute Gasteiger partial charge is 0.153 e. The Morgan fingerprint density at radius 3 is 2.54 bits per heavy atom. The second kappa shape index (κ2) is 8.19. The van der Waals surface area contributed by atoms with Gasteiger partial charge in [0.2, 0.25) is 0 Å². The van der Waals surface area contributed by atoms with Gasteiger partial charge in [0.25, 0.3) is 0 Å². The van der Waals surface area contributed by atoms with Crippen LogP contribution in [0, 0.1) is 23.5 Å². The molecule has 2 aromatic rings. The lowest BCUT2D eigenvalue weighted by molar-refractivity contribution is 0.587. The third-order valence-corrected chi connectivity index (χ3v) is 4.37. The number of nitrogens with zero attached hydrogens (tertiary/aromatic N) is 1. The van der Waals surface area contributed by atoms with E-state index in [0.717, 1.165) is 43.4 Å². The van der Waals surface area contributed by atoms with Gasteiger partial charge in [-0.15, -0.1) is 0 Å². The van der Waals surface area contributed by atoms with Crippen LogP contribution in [0.15, 0.2) is 40.9 Å². The van der Waals surface area contributed by atoms with E-state index in [0.29, 0.717) is 0 Å². The van der Waals surface area contributed by atoms with Crippen LogP contribution < -0.4 is 0 Å². The number of rotatable bonds is 3. The van der Waals surface area contributed by atoms with Gasteiger partial charge in [-0.1, -0.05) is 43.4 Å². The molecular formula is C22H17F2NS. The topological polar surface area (TPSA) is 12.4 Å². The molecule has 0 amide bonds. The van der Waals surface area contributed by atoms with Gasteiger partial charge in [-0.3, -0.25) is 0 Å². The summed E-state index contributed by atoms with van der Waals surface area (Å²) < 4.78 is 27.7. The molecule has 0 spiro atoms. The molecule has 26 heavy (non-hydrogen) atoms. The predicted octanol–water partition coefficient (Wildman–Crippen LogP) is 6.03. The quantitative estimate of drug-likeness (QED) is 0.367. The molecule has 0 N–H and O–H groups in total. The van der Waals surface area contributed by atoms with E-state index in [-0.39, 0.29) is 5.56 Å². The maximum Gasteiger partial charge on any atom is 0.153 e. The molecule has 0 heterocycles. The number of thiocarbonyl (C=S) groups is 1. The number of allylic oxidation sites excluding steroid dienone is 1. The molecule has 0 unspecified atom stereocenters. The Morgan fingerprint density at radius 2 is 1.85 bits per heavy atom. The summed E-state index contributed by atoms with van der Waals surface area (Å²) in [5.41, 5.74) is 4.67. The van der Waals surface area contributed by atoms with Gasteiger partial charge in [-0.25, -0.2) is 8.78 Å². The molecule has 0 aliphatic heterocycles. The number of aryl methyl sites for hydroxylation is 2. The molecule has 1 aliphatic rings. The van der Waals surface area contributed by atoms with Gasteiger partial charge in [0.05, 0.1) is 5.16 Å². The fourth-order valence-electron chi connectivity index (χ4n) is 3.03. The Morgan fingerprint density at radius 1 is 1.08 bits per heavy atom. The fraction of sp³-hybridized carbons (Fsp3) is 0.227. The number of hydrogen-bond donors (Lipinski definition) is 0. The van der Waals surface area contributed by atoms with Crippen molar-refractivity contribution in [3.63, 3.8) is 0 Å². The number of aliphatic imine (C=N–C) groups is 1. The molecule has 130 valence electrons.